The van der Waals surface area contributed by atoms with Crippen LogP contribution in [-0.2, 0) is 16.0 Å². The Labute approximate surface area is 166 Å². The average molecular weight is 436 g/mol. The van der Waals surface area contributed by atoms with Crippen LogP contribution < -0.4 is 10.2 Å². The number of hydrogen-bond donors (Lipinski definition) is 1. The van der Waals surface area contributed by atoms with Crippen molar-refractivity contribution in [2.45, 2.75) is 26.7 Å². The second-order valence-electron chi connectivity index (χ2n) is 6.41. The summed E-state index contributed by atoms with van der Waals surface area (Å²) in [6.07, 6.45) is 1.06. The van der Waals surface area contributed by atoms with Crippen molar-refractivity contribution in [2.24, 2.45) is 5.92 Å². The van der Waals surface area contributed by atoms with Gasteiger partial charge in [0.25, 0.3) is 0 Å². The highest BCUT2D eigenvalue weighted by molar-refractivity contribution is 9.10. The Bertz CT molecular complexity index is 869. The van der Waals surface area contributed by atoms with Gasteiger partial charge >= 0.3 is 0 Å². The monoisotopic (exact) mass is 434 g/mol. The van der Waals surface area contributed by atoms with Crippen molar-refractivity contribution in [3.05, 3.63) is 57.0 Å². The molecular weight excluding hydrogens is 416 g/mol. The van der Waals surface area contributed by atoms with Crippen LogP contribution in [0.3, 0.4) is 0 Å². The Morgan fingerprint density at radius 2 is 2.04 bits per heavy atom. The summed E-state index contributed by atoms with van der Waals surface area (Å²) in [7, 11) is 0. The first-order valence-electron chi connectivity index (χ1n) is 8.56. The van der Waals surface area contributed by atoms with Crippen molar-refractivity contribution in [1.82, 2.24) is 0 Å². The number of carbonyl (C=O) groups excluding carboxylic acids is 2. The zero-order valence-electron chi connectivity index (χ0n) is 14.7. The molecular formula is C20H20BrClN2O2. The van der Waals surface area contributed by atoms with Gasteiger partial charge in [-0.1, -0.05) is 36.7 Å². The number of rotatable bonds is 4. The van der Waals surface area contributed by atoms with Crippen molar-refractivity contribution in [1.29, 1.82) is 0 Å². The van der Waals surface area contributed by atoms with Gasteiger partial charge in [0, 0.05) is 28.8 Å². The lowest BCUT2D eigenvalue weighted by atomic mass is 10.1. The molecule has 3 rings (SSSR count). The molecule has 2 amide bonds. The van der Waals surface area contributed by atoms with Gasteiger partial charge in [-0.15, -0.1) is 0 Å². The van der Waals surface area contributed by atoms with Gasteiger partial charge in [0.1, 0.15) is 0 Å². The van der Waals surface area contributed by atoms with Crippen LogP contribution in [0.2, 0.25) is 5.02 Å². The van der Waals surface area contributed by atoms with E-state index in [-0.39, 0.29) is 24.2 Å². The van der Waals surface area contributed by atoms with Crippen LogP contribution in [-0.4, -0.2) is 18.4 Å². The summed E-state index contributed by atoms with van der Waals surface area (Å²) in [5.74, 6) is -0.554. The van der Waals surface area contributed by atoms with E-state index in [1.165, 1.54) is 0 Å². The second-order valence-corrected chi connectivity index (χ2v) is 7.64. The number of para-hydroxylation sites is 1. The molecule has 0 aliphatic carbocycles. The molecule has 26 heavy (non-hydrogen) atoms. The van der Waals surface area contributed by atoms with Crippen LogP contribution in [0.25, 0.3) is 0 Å². The third-order valence-corrected chi connectivity index (χ3v) is 6.13. The minimum Gasteiger partial charge on any atom is -0.325 e. The summed E-state index contributed by atoms with van der Waals surface area (Å²) in [5.41, 5.74) is 3.48. The lowest BCUT2D eigenvalue weighted by Gasteiger charge is -2.20. The number of carbonyl (C=O) groups is 2. The molecule has 0 unspecified atom stereocenters. The Morgan fingerprint density at radius 1 is 1.31 bits per heavy atom. The fourth-order valence-electron chi connectivity index (χ4n) is 3.21. The summed E-state index contributed by atoms with van der Waals surface area (Å²) in [4.78, 5) is 26.9. The summed E-state index contributed by atoms with van der Waals surface area (Å²) in [6.45, 7) is 4.31. The first kappa shape index (κ1) is 18.9. The topological polar surface area (TPSA) is 49.4 Å². The first-order valence-corrected chi connectivity index (χ1v) is 9.73. The molecule has 1 saturated heterocycles. The second kappa shape index (κ2) is 7.80. The molecule has 1 aliphatic heterocycles. The molecule has 1 N–H and O–H groups in total. The molecule has 0 saturated carbocycles. The molecule has 2 aromatic rings. The van der Waals surface area contributed by atoms with Gasteiger partial charge in [0.2, 0.25) is 11.8 Å². The fraction of sp³-hybridized carbons (Fsp3) is 0.300. The van der Waals surface area contributed by atoms with E-state index in [2.05, 4.69) is 28.2 Å². The predicted octanol–water partition coefficient (Wildman–Crippen LogP) is 4.96. The molecule has 0 radical (unpaired) electrons. The number of anilines is 2. The predicted molar refractivity (Wildman–Crippen MR) is 109 cm³/mol. The number of benzene rings is 2. The molecule has 2 aromatic carbocycles. The molecule has 1 heterocycles. The van der Waals surface area contributed by atoms with Crippen LogP contribution in [0.4, 0.5) is 11.4 Å². The molecule has 6 heteroatoms. The van der Waals surface area contributed by atoms with E-state index < -0.39 is 0 Å². The molecule has 4 nitrogen and oxygen atoms in total. The largest absolute Gasteiger partial charge is 0.325 e. The number of aryl methyl sites for hydroxylation is 1. The molecule has 0 aromatic heterocycles. The number of nitrogens with zero attached hydrogens (tertiary/aromatic N) is 1. The lowest BCUT2D eigenvalue weighted by molar-refractivity contribution is -0.122. The van der Waals surface area contributed by atoms with E-state index in [0.717, 1.165) is 27.7 Å². The Morgan fingerprint density at radius 3 is 2.77 bits per heavy atom. The van der Waals surface area contributed by atoms with Crippen molar-refractivity contribution in [3.8, 4) is 0 Å². The molecule has 1 aliphatic rings. The van der Waals surface area contributed by atoms with Crippen molar-refractivity contribution in [2.75, 3.05) is 16.8 Å². The summed E-state index contributed by atoms with van der Waals surface area (Å²) < 4.78 is 0.785. The van der Waals surface area contributed by atoms with E-state index in [0.29, 0.717) is 17.3 Å². The van der Waals surface area contributed by atoms with E-state index in [1.54, 1.807) is 11.0 Å². The van der Waals surface area contributed by atoms with Crippen LogP contribution in [0.5, 0.6) is 0 Å². The standard InChI is InChI=1S/C20H20BrClN2O2/c1-3-13-6-4-5-7-17(13)24-11-14(10-18(24)25)20(26)23-16-9-8-15(21)19(22)12(16)2/h4-9,14H,3,10-11H2,1-2H3,(H,23,26)/t14-/m1/s1. The van der Waals surface area contributed by atoms with Crippen molar-refractivity contribution in [3.63, 3.8) is 0 Å². The van der Waals surface area contributed by atoms with Gasteiger partial charge in [-0.05, 0) is 58.6 Å². The number of halogens is 2. The highest BCUT2D eigenvalue weighted by Crippen LogP contribution is 2.33. The van der Waals surface area contributed by atoms with Gasteiger partial charge in [-0.25, -0.2) is 0 Å². The van der Waals surface area contributed by atoms with Gasteiger partial charge in [0.05, 0.1) is 10.9 Å². The van der Waals surface area contributed by atoms with Gasteiger partial charge < -0.3 is 10.2 Å². The maximum atomic E-state index is 12.7. The molecule has 1 atom stereocenters. The van der Waals surface area contributed by atoms with Gasteiger partial charge in [0.15, 0.2) is 0 Å². The smallest absolute Gasteiger partial charge is 0.229 e. The minimum atomic E-state index is -0.380. The van der Waals surface area contributed by atoms with Crippen LogP contribution in [0.1, 0.15) is 24.5 Å². The quantitative estimate of drug-likeness (QED) is 0.737. The maximum Gasteiger partial charge on any atom is 0.229 e. The summed E-state index contributed by atoms with van der Waals surface area (Å²) in [6, 6.07) is 11.5. The van der Waals surface area contributed by atoms with E-state index in [4.69, 9.17) is 11.6 Å². The minimum absolute atomic E-state index is 0.0170. The normalized spacial score (nSPS) is 16.8. The highest BCUT2D eigenvalue weighted by Gasteiger charge is 2.36. The highest BCUT2D eigenvalue weighted by atomic mass is 79.9. The fourth-order valence-corrected chi connectivity index (χ4v) is 3.81. The lowest BCUT2D eigenvalue weighted by Crippen LogP contribution is -2.28. The number of amides is 2. The van der Waals surface area contributed by atoms with Gasteiger partial charge in [-0.2, -0.15) is 0 Å². The third kappa shape index (κ3) is 3.64. The zero-order valence-corrected chi connectivity index (χ0v) is 17.0. The van der Waals surface area contributed by atoms with Crippen LogP contribution in [0.15, 0.2) is 40.9 Å². The van der Waals surface area contributed by atoms with E-state index >= 15 is 0 Å². The van der Waals surface area contributed by atoms with Crippen molar-refractivity contribution < 1.29 is 9.59 Å². The Hall–Kier alpha value is -1.85. The Balaban J connectivity index is 1.76. The number of hydrogen-bond acceptors (Lipinski definition) is 2. The van der Waals surface area contributed by atoms with Gasteiger partial charge in [-0.3, -0.25) is 9.59 Å². The molecule has 0 bridgehead atoms. The zero-order chi connectivity index (χ0) is 18.8. The summed E-state index contributed by atoms with van der Waals surface area (Å²) >= 11 is 9.60. The first-order chi connectivity index (χ1) is 12.4. The third-order valence-electron chi connectivity index (χ3n) is 4.76. The average Bonchev–Trinajstić information content (AvgIpc) is 3.03. The number of nitrogens with one attached hydrogen (secondary N) is 1. The Kier molecular flexibility index (Phi) is 5.68. The van der Waals surface area contributed by atoms with Crippen molar-refractivity contribution >= 4 is 50.7 Å². The maximum absolute atomic E-state index is 12.7. The summed E-state index contributed by atoms with van der Waals surface area (Å²) in [5, 5.41) is 3.49. The van der Waals surface area contributed by atoms with Crippen LogP contribution in [0, 0.1) is 12.8 Å². The molecule has 136 valence electrons. The van der Waals surface area contributed by atoms with E-state index in [1.807, 2.05) is 37.3 Å². The van der Waals surface area contributed by atoms with E-state index in [9.17, 15) is 9.59 Å². The molecule has 1 fully saturated rings. The van der Waals surface area contributed by atoms with Crippen LogP contribution >= 0.6 is 27.5 Å². The molecule has 0 spiro atoms. The SMILES string of the molecule is CCc1ccccc1N1C[C@H](C(=O)Nc2ccc(Br)c(Cl)c2C)CC1=O.